The summed E-state index contributed by atoms with van der Waals surface area (Å²) < 4.78 is 17.8. The third-order valence-electron chi connectivity index (χ3n) is 5.87. The Hall–Kier alpha value is -0.200. The molecule has 1 spiro atoms. The molecule has 4 saturated heterocycles. The van der Waals surface area contributed by atoms with Crippen molar-refractivity contribution >= 4 is 0 Å². The molecular formula is C15H24O5. The summed E-state index contributed by atoms with van der Waals surface area (Å²) >= 11 is 0. The van der Waals surface area contributed by atoms with Gasteiger partial charge in [-0.05, 0) is 32.1 Å². The summed E-state index contributed by atoms with van der Waals surface area (Å²) in [6, 6.07) is 0. The van der Waals surface area contributed by atoms with Crippen LogP contribution in [0.15, 0.2) is 0 Å². The van der Waals surface area contributed by atoms with Gasteiger partial charge in [-0.1, -0.05) is 13.3 Å². The second-order valence-corrected chi connectivity index (χ2v) is 6.98. The van der Waals surface area contributed by atoms with E-state index in [1.165, 1.54) is 12.8 Å². The number of hydrogen-bond donors (Lipinski definition) is 0. The fraction of sp³-hybridized carbons (Fsp3) is 1.00. The maximum atomic E-state index is 6.16. The van der Waals surface area contributed by atoms with Gasteiger partial charge in [0.25, 0.3) is 0 Å². The van der Waals surface area contributed by atoms with Crippen molar-refractivity contribution < 1.29 is 24.0 Å². The van der Waals surface area contributed by atoms with Crippen molar-refractivity contribution in [1.29, 1.82) is 0 Å². The standard InChI is InChI=1S/C15H24O5/c1-9-11-6-4-5-10-7-8-14(2)18-13(17-12(9)16-3)15(10,11)20-19-14/h9-13H,4-8H2,1-3H3/t9?,10?,11?,12?,13-,14-,15-/m1/s1. The first-order chi connectivity index (χ1) is 9.59. The van der Waals surface area contributed by atoms with Crippen LogP contribution in [0.1, 0.15) is 46.0 Å². The molecule has 2 bridgehead atoms. The van der Waals surface area contributed by atoms with E-state index in [2.05, 4.69) is 6.92 Å². The molecule has 0 radical (unpaired) electrons. The highest BCUT2D eigenvalue weighted by Crippen LogP contribution is 2.59. The Bertz CT molecular complexity index is 402. The van der Waals surface area contributed by atoms with Crippen molar-refractivity contribution in [3.63, 3.8) is 0 Å². The predicted molar refractivity (Wildman–Crippen MR) is 69.3 cm³/mol. The number of ether oxygens (including phenoxy) is 3. The Morgan fingerprint density at radius 3 is 2.80 bits per heavy atom. The third-order valence-corrected chi connectivity index (χ3v) is 5.87. The van der Waals surface area contributed by atoms with Crippen molar-refractivity contribution in [3.05, 3.63) is 0 Å². The molecule has 5 heteroatoms. The van der Waals surface area contributed by atoms with Gasteiger partial charge in [-0.3, -0.25) is 0 Å². The molecule has 5 fully saturated rings. The van der Waals surface area contributed by atoms with Crippen LogP contribution < -0.4 is 0 Å². The molecule has 0 aromatic heterocycles. The zero-order valence-corrected chi connectivity index (χ0v) is 12.5. The first-order valence-corrected chi connectivity index (χ1v) is 7.82. The van der Waals surface area contributed by atoms with Crippen LogP contribution in [0.2, 0.25) is 0 Å². The molecule has 7 atom stereocenters. The fourth-order valence-electron chi connectivity index (χ4n) is 4.79. The normalized spacial score (nSPS) is 58.0. The number of fused-ring (bicyclic) bond motifs is 2. The zero-order valence-electron chi connectivity index (χ0n) is 12.5. The van der Waals surface area contributed by atoms with E-state index in [9.17, 15) is 0 Å². The quantitative estimate of drug-likeness (QED) is 0.693. The molecule has 5 nitrogen and oxygen atoms in total. The largest absolute Gasteiger partial charge is 0.355 e. The number of hydrogen-bond acceptors (Lipinski definition) is 5. The highest BCUT2D eigenvalue weighted by atomic mass is 17.3. The van der Waals surface area contributed by atoms with Crippen molar-refractivity contribution in [2.75, 3.05) is 7.11 Å². The molecule has 4 aliphatic heterocycles. The minimum absolute atomic E-state index is 0.221. The van der Waals surface area contributed by atoms with Gasteiger partial charge in [0, 0.05) is 25.4 Å². The van der Waals surface area contributed by atoms with Crippen LogP contribution >= 0.6 is 0 Å². The first kappa shape index (κ1) is 13.5. The lowest BCUT2D eigenvalue weighted by atomic mass is 9.61. The Morgan fingerprint density at radius 2 is 2.00 bits per heavy atom. The van der Waals surface area contributed by atoms with E-state index in [0.29, 0.717) is 11.8 Å². The van der Waals surface area contributed by atoms with Crippen LogP contribution in [-0.4, -0.2) is 31.1 Å². The van der Waals surface area contributed by atoms with Gasteiger partial charge in [0.1, 0.15) is 0 Å². The first-order valence-electron chi connectivity index (χ1n) is 7.82. The molecule has 1 aliphatic carbocycles. The number of rotatable bonds is 1. The lowest BCUT2D eigenvalue weighted by Gasteiger charge is -2.58. The van der Waals surface area contributed by atoms with Crippen molar-refractivity contribution in [2.45, 2.75) is 69.9 Å². The van der Waals surface area contributed by atoms with Crippen LogP contribution in [-0.2, 0) is 24.0 Å². The molecule has 114 valence electrons. The lowest BCUT2D eigenvalue weighted by molar-refractivity contribution is -0.575. The number of methoxy groups -OCH3 is 1. The topological polar surface area (TPSA) is 46.2 Å². The minimum Gasteiger partial charge on any atom is -0.355 e. The molecule has 0 aromatic rings. The van der Waals surface area contributed by atoms with Gasteiger partial charge in [0.15, 0.2) is 18.2 Å². The van der Waals surface area contributed by atoms with Gasteiger partial charge in [-0.15, -0.1) is 0 Å². The smallest absolute Gasteiger partial charge is 0.201 e. The van der Waals surface area contributed by atoms with E-state index in [0.717, 1.165) is 19.3 Å². The second-order valence-electron chi connectivity index (χ2n) is 6.98. The van der Waals surface area contributed by atoms with E-state index in [4.69, 9.17) is 24.0 Å². The Labute approximate surface area is 119 Å². The summed E-state index contributed by atoms with van der Waals surface area (Å²) in [5.41, 5.74) is -0.442. The molecule has 1 saturated carbocycles. The maximum Gasteiger partial charge on any atom is 0.201 e. The van der Waals surface area contributed by atoms with E-state index < -0.39 is 11.4 Å². The van der Waals surface area contributed by atoms with E-state index in [1.807, 2.05) is 6.92 Å². The Kier molecular flexibility index (Phi) is 2.96. The third kappa shape index (κ3) is 1.61. The van der Waals surface area contributed by atoms with Crippen LogP contribution in [0.5, 0.6) is 0 Å². The molecule has 0 N–H and O–H groups in total. The van der Waals surface area contributed by atoms with E-state index in [1.54, 1.807) is 7.11 Å². The monoisotopic (exact) mass is 284 g/mol. The van der Waals surface area contributed by atoms with Gasteiger partial charge < -0.3 is 14.2 Å². The predicted octanol–water partition coefficient (Wildman–Crippen LogP) is 2.59. The van der Waals surface area contributed by atoms with Crippen molar-refractivity contribution in [3.8, 4) is 0 Å². The molecule has 4 heterocycles. The van der Waals surface area contributed by atoms with Crippen LogP contribution in [0.3, 0.4) is 0 Å². The van der Waals surface area contributed by atoms with Gasteiger partial charge in [-0.25, -0.2) is 9.78 Å². The van der Waals surface area contributed by atoms with Crippen LogP contribution in [0.25, 0.3) is 0 Å². The summed E-state index contributed by atoms with van der Waals surface area (Å²) in [4.78, 5) is 11.7. The van der Waals surface area contributed by atoms with Gasteiger partial charge >= 0.3 is 0 Å². The summed E-state index contributed by atoms with van der Waals surface area (Å²) in [5.74, 6) is 0.425. The van der Waals surface area contributed by atoms with Crippen molar-refractivity contribution in [2.24, 2.45) is 17.8 Å². The molecule has 0 aromatic carbocycles. The average molecular weight is 284 g/mol. The molecule has 4 unspecified atom stereocenters. The SMILES string of the molecule is COC1O[C@@H]2O[C@@]3(C)CCC4CCCC(C1C)[C@]42OO3. The molecule has 0 amide bonds. The van der Waals surface area contributed by atoms with Crippen LogP contribution in [0, 0.1) is 17.8 Å². The van der Waals surface area contributed by atoms with Crippen LogP contribution in [0.4, 0.5) is 0 Å². The van der Waals surface area contributed by atoms with E-state index >= 15 is 0 Å². The zero-order chi connectivity index (χ0) is 14.0. The van der Waals surface area contributed by atoms with E-state index in [-0.39, 0.29) is 18.5 Å². The Morgan fingerprint density at radius 1 is 1.15 bits per heavy atom. The van der Waals surface area contributed by atoms with Crippen molar-refractivity contribution in [1.82, 2.24) is 0 Å². The van der Waals surface area contributed by atoms with Gasteiger partial charge in [0.05, 0.1) is 0 Å². The Balaban J connectivity index is 1.78. The van der Waals surface area contributed by atoms with Gasteiger partial charge in [0.2, 0.25) is 5.79 Å². The molecule has 5 rings (SSSR count). The fourth-order valence-corrected chi connectivity index (χ4v) is 4.79. The average Bonchev–Trinajstić information content (AvgIpc) is 2.67. The second kappa shape index (κ2) is 4.40. The molecule has 20 heavy (non-hydrogen) atoms. The summed E-state index contributed by atoms with van der Waals surface area (Å²) in [6.45, 7) is 4.13. The maximum absolute atomic E-state index is 6.16. The highest BCUT2D eigenvalue weighted by molar-refractivity contribution is 5.07. The highest BCUT2D eigenvalue weighted by Gasteiger charge is 2.68. The van der Waals surface area contributed by atoms with Gasteiger partial charge in [-0.2, -0.15) is 0 Å². The summed E-state index contributed by atoms with van der Waals surface area (Å²) in [5, 5.41) is 0. The minimum atomic E-state index is -0.684. The summed E-state index contributed by atoms with van der Waals surface area (Å²) in [7, 11) is 1.70. The molecule has 5 aliphatic rings. The summed E-state index contributed by atoms with van der Waals surface area (Å²) in [6.07, 6.45) is 4.88. The lowest BCUT2D eigenvalue weighted by Crippen LogP contribution is -2.69. The molecular weight excluding hydrogens is 260 g/mol.